The molecule has 1 heterocycles. The minimum Gasteiger partial charge on any atom is -0.505 e. The molecule has 1 amide bonds. The quantitative estimate of drug-likeness (QED) is 0.778. The van der Waals surface area contributed by atoms with Crippen molar-refractivity contribution in [3.63, 3.8) is 0 Å². The number of benzene rings is 1. The largest absolute Gasteiger partial charge is 0.505 e. The summed E-state index contributed by atoms with van der Waals surface area (Å²) in [6.07, 6.45) is 0.426. The van der Waals surface area contributed by atoms with Gasteiger partial charge in [0.05, 0.1) is 10.2 Å². The Morgan fingerprint density at radius 2 is 2.27 bits per heavy atom. The van der Waals surface area contributed by atoms with Crippen molar-refractivity contribution in [1.29, 1.82) is 0 Å². The van der Waals surface area contributed by atoms with Gasteiger partial charge in [0.1, 0.15) is 0 Å². The number of phenols is 1. The Morgan fingerprint density at radius 3 is 2.87 bits per heavy atom. The number of carbonyl (C=O) groups excluding carboxylic acids is 1. The zero-order valence-electron chi connectivity index (χ0n) is 7.85. The van der Waals surface area contributed by atoms with Crippen LogP contribution in [0, 0.1) is 0 Å². The van der Waals surface area contributed by atoms with E-state index in [2.05, 4.69) is 28.6 Å². The maximum absolute atomic E-state index is 11.6. The van der Waals surface area contributed by atoms with Crippen LogP contribution >= 0.6 is 28.6 Å². The van der Waals surface area contributed by atoms with Gasteiger partial charge in [-0.3, -0.25) is 4.79 Å². The summed E-state index contributed by atoms with van der Waals surface area (Å²) in [7, 11) is 0. The topological polar surface area (TPSA) is 40.5 Å². The molecule has 15 heavy (non-hydrogen) atoms. The molecular formula is C10H10BrNO2S. The van der Waals surface area contributed by atoms with Gasteiger partial charge >= 0.3 is 0 Å². The van der Waals surface area contributed by atoms with E-state index >= 15 is 0 Å². The highest BCUT2D eigenvalue weighted by atomic mass is 79.9. The number of phenolic OH excluding ortho intramolecular Hbond substituents is 1. The first-order valence-corrected chi connectivity index (χ1v) is 5.86. The van der Waals surface area contributed by atoms with Gasteiger partial charge in [0, 0.05) is 18.2 Å². The molecule has 0 aliphatic carbocycles. The molecule has 5 heteroatoms. The fourth-order valence-electron chi connectivity index (χ4n) is 1.64. The highest BCUT2D eigenvalue weighted by Crippen LogP contribution is 2.36. The SMILES string of the molecule is O=C1CC(S)CN1c1cccc(Br)c1O. The van der Waals surface area contributed by atoms with Crippen LogP contribution in [-0.2, 0) is 4.79 Å². The molecule has 3 nitrogen and oxygen atoms in total. The fourth-order valence-corrected chi connectivity index (χ4v) is 2.32. The average molecular weight is 288 g/mol. The Balaban J connectivity index is 2.38. The minimum absolute atomic E-state index is 0.00315. The number of aromatic hydroxyl groups is 1. The standard InChI is InChI=1S/C10H10BrNO2S/c11-7-2-1-3-8(10(7)14)12-5-6(15)4-9(12)13/h1-3,6,14-15H,4-5H2. The number of hydrogen-bond acceptors (Lipinski definition) is 3. The van der Waals surface area contributed by atoms with Gasteiger partial charge in [-0.2, -0.15) is 12.6 Å². The van der Waals surface area contributed by atoms with E-state index in [9.17, 15) is 9.90 Å². The number of halogens is 1. The second-order valence-corrected chi connectivity index (χ2v) is 5.05. The van der Waals surface area contributed by atoms with E-state index in [0.717, 1.165) is 0 Å². The second-order valence-electron chi connectivity index (χ2n) is 3.47. The molecule has 0 radical (unpaired) electrons. The normalized spacial score (nSPS) is 21.1. The zero-order chi connectivity index (χ0) is 11.0. The zero-order valence-corrected chi connectivity index (χ0v) is 10.3. The average Bonchev–Trinajstić information content (AvgIpc) is 2.50. The highest BCUT2D eigenvalue weighted by molar-refractivity contribution is 9.10. The van der Waals surface area contributed by atoms with E-state index in [1.165, 1.54) is 0 Å². The van der Waals surface area contributed by atoms with Crippen LogP contribution in [0.3, 0.4) is 0 Å². The minimum atomic E-state index is 0.00315. The third kappa shape index (κ3) is 1.99. The van der Waals surface area contributed by atoms with Crippen LogP contribution in [0.2, 0.25) is 0 Å². The lowest BCUT2D eigenvalue weighted by atomic mass is 10.2. The molecule has 1 aromatic rings. The van der Waals surface area contributed by atoms with Crippen LogP contribution in [0.1, 0.15) is 6.42 Å². The van der Waals surface area contributed by atoms with Crippen LogP contribution in [0.25, 0.3) is 0 Å². The van der Waals surface area contributed by atoms with Crippen molar-refractivity contribution in [3.05, 3.63) is 22.7 Å². The number of hydrogen-bond donors (Lipinski definition) is 2. The van der Waals surface area contributed by atoms with Gasteiger partial charge in [0.15, 0.2) is 5.75 Å². The van der Waals surface area contributed by atoms with Crippen molar-refractivity contribution in [3.8, 4) is 5.75 Å². The third-order valence-electron chi connectivity index (χ3n) is 2.36. The molecule has 1 aliphatic heterocycles. The molecule has 1 unspecified atom stereocenters. The molecule has 0 bridgehead atoms. The summed E-state index contributed by atoms with van der Waals surface area (Å²) in [4.78, 5) is 13.2. The second kappa shape index (κ2) is 4.06. The lowest BCUT2D eigenvalue weighted by molar-refractivity contribution is -0.117. The van der Waals surface area contributed by atoms with E-state index in [1.807, 2.05) is 0 Å². The molecule has 1 saturated heterocycles. The lowest BCUT2D eigenvalue weighted by Gasteiger charge is -2.17. The lowest BCUT2D eigenvalue weighted by Crippen LogP contribution is -2.24. The van der Waals surface area contributed by atoms with E-state index in [4.69, 9.17) is 0 Å². The maximum atomic E-state index is 11.6. The summed E-state index contributed by atoms with van der Waals surface area (Å²) in [6.45, 7) is 0.548. The van der Waals surface area contributed by atoms with Crippen LogP contribution in [0.4, 0.5) is 5.69 Å². The highest BCUT2D eigenvalue weighted by Gasteiger charge is 2.30. The van der Waals surface area contributed by atoms with Gasteiger partial charge in [-0.1, -0.05) is 6.07 Å². The summed E-state index contributed by atoms with van der Waals surface area (Å²) in [5.74, 6) is 0.108. The summed E-state index contributed by atoms with van der Waals surface area (Å²) in [6, 6.07) is 5.25. The number of para-hydroxylation sites is 1. The van der Waals surface area contributed by atoms with Crippen LogP contribution in [-0.4, -0.2) is 22.8 Å². The number of thiol groups is 1. The molecule has 1 atom stereocenters. The summed E-state index contributed by atoms with van der Waals surface area (Å²) in [5, 5.41) is 9.85. The maximum Gasteiger partial charge on any atom is 0.228 e. The van der Waals surface area contributed by atoms with Crippen molar-refractivity contribution in [2.24, 2.45) is 0 Å². The first-order chi connectivity index (χ1) is 7.09. The van der Waals surface area contributed by atoms with Crippen LogP contribution in [0.5, 0.6) is 5.75 Å². The predicted octanol–water partition coefficient (Wildman–Crippen LogP) is 2.19. The Bertz CT molecular complexity index is 410. The monoisotopic (exact) mass is 287 g/mol. The number of anilines is 1. The van der Waals surface area contributed by atoms with Gasteiger partial charge < -0.3 is 10.0 Å². The van der Waals surface area contributed by atoms with Gasteiger partial charge in [0.25, 0.3) is 0 Å². The Morgan fingerprint density at radius 1 is 1.53 bits per heavy atom. The van der Waals surface area contributed by atoms with Crippen molar-refractivity contribution < 1.29 is 9.90 Å². The predicted molar refractivity (Wildman–Crippen MR) is 65.6 cm³/mol. The first kappa shape index (κ1) is 10.8. The Labute approximate surface area is 102 Å². The van der Waals surface area contributed by atoms with Crippen LogP contribution in [0.15, 0.2) is 22.7 Å². The fraction of sp³-hybridized carbons (Fsp3) is 0.300. The molecular weight excluding hydrogens is 278 g/mol. The summed E-state index contributed by atoms with van der Waals surface area (Å²) in [5.41, 5.74) is 0.547. The van der Waals surface area contributed by atoms with E-state index < -0.39 is 0 Å². The van der Waals surface area contributed by atoms with Crippen molar-refractivity contribution >= 4 is 40.2 Å². The number of amides is 1. The molecule has 0 spiro atoms. The van der Waals surface area contributed by atoms with E-state index in [0.29, 0.717) is 23.1 Å². The molecule has 1 aliphatic rings. The van der Waals surface area contributed by atoms with Gasteiger partial charge in [-0.25, -0.2) is 0 Å². The number of rotatable bonds is 1. The Hall–Kier alpha value is -0.680. The van der Waals surface area contributed by atoms with Crippen molar-refractivity contribution in [1.82, 2.24) is 0 Å². The number of nitrogens with zero attached hydrogens (tertiary/aromatic N) is 1. The van der Waals surface area contributed by atoms with E-state index in [-0.39, 0.29) is 16.9 Å². The molecule has 2 rings (SSSR count). The molecule has 0 aromatic heterocycles. The van der Waals surface area contributed by atoms with Crippen LogP contribution < -0.4 is 4.90 Å². The van der Waals surface area contributed by atoms with Gasteiger partial charge in [0.2, 0.25) is 5.91 Å². The van der Waals surface area contributed by atoms with Crippen molar-refractivity contribution in [2.75, 3.05) is 11.4 Å². The molecule has 1 fully saturated rings. The molecule has 1 N–H and O–H groups in total. The molecule has 80 valence electrons. The van der Waals surface area contributed by atoms with E-state index in [1.54, 1.807) is 23.1 Å². The molecule has 0 saturated carbocycles. The van der Waals surface area contributed by atoms with Gasteiger partial charge in [-0.15, -0.1) is 0 Å². The smallest absolute Gasteiger partial charge is 0.228 e. The first-order valence-electron chi connectivity index (χ1n) is 4.55. The third-order valence-corrected chi connectivity index (χ3v) is 3.35. The van der Waals surface area contributed by atoms with Crippen molar-refractivity contribution in [2.45, 2.75) is 11.7 Å². The summed E-state index contributed by atoms with van der Waals surface area (Å²) < 4.78 is 0.593. The summed E-state index contributed by atoms with van der Waals surface area (Å²) >= 11 is 7.49. The number of carbonyl (C=O) groups is 1. The Kier molecular flexibility index (Phi) is 2.93. The van der Waals surface area contributed by atoms with Gasteiger partial charge in [-0.05, 0) is 28.1 Å². The molecule has 1 aromatic carbocycles.